The van der Waals surface area contributed by atoms with E-state index >= 15 is 0 Å². The maximum Gasteiger partial charge on any atom is 0.244 e. The lowest BCUT2D eigenvalue weighted by Crippen LogP contribution is -2.47. The number of anilines is 2. The summed E-state index contributed by atoms with van der Waals surface area (Å²) in [4.78, 5) is 9.67. The smallest absolute Gasteiger partial charge is 0.244 e. The van der Waals surface area contributed by atoms with Gasteiger partial charge in [-0.25, -0.2) is 0 Å². The maximum atomic E-state index is 6.21. The molecule has 166 valence electrons. The lowest BCUT2D eigenvalue weighted by atomic mass is 10.1. The number of rotatable bonds is 6. The summed E-state index contributed by atoms with van der Waals surface area (Å²) < 4.78 is 2.20. The lowest BCUT2D eigenvalue weighted by molar-refractivity contribution is 0.267. The minimum Gasteiger partial charge on any atom is -0.369 e. The van der Waals surface area contributed by atoms with Crippen LogP contribution in [0.15, 0.2) is 42.5 Å². The molecule has 0 amide bonds. The fraction of sp³-hybridized carbons (Fsp3) is 0.375. The first kappa shape index (κ1) is 21.0. The fourth-order valence-electron chi connectivity index (χ4n) is 4.56. The number of fused-ring (bicyclic) bond motifs is 3. The van der Waals surface area contributed by atoms with Crippen LogP contribution in [0.25, 0.3) is 22.1 Å². The molecule has 1 saturated heterocycles. The van der Waals surface area contributed by atoms with Gasteiger partial charge in [0.1, 0.15) is 5.52 Å². The first-order chi connectivity index (χ1) is 15.6. The number of para-hydroxylation sites is 1. The van der Waals surface area contributed by atoms with Gasteiger partial charge in [0.15, 0.2) is 5.65 Å². The molecule has 2 aromatic carbocycles. The molecule has 0 aliphatic carbocycles. The average molecular weight is 450 g/mol. The molecule has 1 aliphatic heterocycles. The fourth-order valence-corrected chi connectivity index (χ4v) is 4.73. The summed E-state index contributed by atoms with van der Waals surface area (Å²) >= 11 is 6.21. The average Bonchev–Trinajstić information content (AvgIpc) is 3.14. The summed E-state index contributed by atoms with van der Waals surface area (Å²) in [6.07, 6.45) is 0. The van der Waals surface area contributed by atoms with Gasteiger partial charge in [-0.2, -0.15) is 4.98 Å². The first-order valence-electron chi connectivity index (χ1n) is 11.2. The zero-order chi connectivity index (χ0) is 22.1. The summed E-state index contributed by atoms with van der Waals surface area (Å²) in [7, 11) is 0. The zero-order valence-corrected chi connectivity index (χ0v) is 19.3. The van der Waals surface area contributed by atoms with Crippen LogP contribution in [0.4, 0.5) is 11.6 Å². The third kappa shape index (κ3) is 3.98. The molecule has 1 aliphatic rings. The number of aryl methyl sites for hydroxylation is 2. The molecule has 0 spiro atoms. The van der Waals surface area contributed by atoms with Gasteiger partial charge in [0.25, 0.3) is 0 Å². The van der Waals surface area contributed by atoms with Crippen LogP contribution in [0, 0.1) is 6.92 Å². The summed E-state index contributed by atoms with van der Waals surface area (Å²) in [5.74, 6) is 0.586. The van der Waals surface area contributed by atoms with E-state index in [0.717, 1.165) is 72.9 Å². The highest BCUT2D eigenvalue weighted by Crippen LogP contribution is 2.27. The molecule has 32 heavy (non-hydrogen) atoms. The van der Waals surface area contributed by atoms with Crippen molar-refractivity contribution in [3.8, 4) is 0 Å². The number of benzene rings is 2. The molecule has 0 radical (unpaired) electrons. The molecule has 1 N–H and O–H groups in total. The maximum absolute atomic E-state index is 6.21. The molecular weight excluding hydrogens is 422 g/mol. The van der Waals surface area contributed by atoms with E-state index in [1.807, 2.05) is 18.2 Å². The van der Waals surface area contributed by atoms with E-state index in [4.69, 9.17) is 16.6 Å². The van der Waals surface area contributed by atoms with Crippen molar-refractivity contribution < 1.29 is 0 Å². The molecule has 0 atom stereocenters. The number of hydrogen-bond donors (Lipinski definition) is 1. The predicted octanol–water partition coefficient (Wildman–Crippen LogP) is 4.20. The van der Waals surface area contributed by atoms with Crippen molar-refractivity contribution in [2.75, 3.05) is 49.5 Å². The van der Waals surface area contributed by atoms with Crippen molar-refractivity contribution in [2.45, 2.75) is 20.4 Å². The van der Waals surface area contributed by atoms with E-state index in [1.165, 1.54) is 11.3 Å². The molecule has 3 heterocycles. The van der Waals surface area contributed by atoms with E-state index < -0.39 is 0 Å². The van der Waals surface area contributed by atoms with E-state index in [0.29, 0.717) is 5.95 Å². The number of hydrogen-bond acceptors (Lipinski definition) is 6. The van der Waals surface area contributed by atoms with E-state index in [1.54, 1.807) is 0 Å². The highest BCUT2D eigenvalue weighted by molar-refractivity contribution is 6.30. The Morgan fingerprint density at radius 3 is 2.66 bits per heavy atom. The van der Waals surface area contributed by atoms with Crippen LogP contribution in [-0.4, -0.2) is 63.9 Å². The van der Waals surface area contributed by atoms with Crippen LogP contribution >= 0.6 is 11.6 Å². The molecule has 4 aromatic rings. The van der Waals surface area contributed by atoms with Crippen molar-refractivity contribution in [3.63, 3.8) is 0 Å². The molecule has 7 nitrogen and oxygen atoms in total. The summed E-state index contributed by atoms with van der Waals surface area (Å²) in [5.41, 5.74) is 5.41. The topological polar surface area (TPSA) is 62.1 Å². The van der Waals surface area contributed by atoms with Crippen LogP contribution < -0.4 is 10.2 Å². The molecule has 1 fully saturated rings. The van der Waals surface area contributed by atoms with Crippen molar-refractivity contribution in [2.24, 2.45) is 0 Å². The molecule has 2 aromatic heterocycles. The van der Waals surface area contributed by atoms with Crippen molar-refractivity contribution >= 4 is 45.3 Å². The van der Waals surface area contributed by atoms with Gasteiger partial charge in [-0.05, 0) is 37.6 Å². The van der Waals surface area contributed by atoms with Crippen molar-refractivity contribution in [1.82, 2.24) is 24.6 Å². The number of halogens is 1. The minimum atomic E-state index is 0.586. The van der Waals surface area contributed by atoms with Gasteiger partial charge in [0.2, 0.25) is 5.95 Å². The SMILES string of the molecule is CCn1c2ccccc2c2nnc(NCCN3CCN(c4cc(Cl)ccc4C)CC3)nc21. The van der Waals surface area contributed by atoms with Gasteiger partial charge in [0.05, 0.1) is 5.52 Å². The second-order valence-corrected chi connectivity index (χ2v) is 8.69. The van der Waals surface area contributed by atoms with Gasteiger partial charge in [0, 0.05) is 61.9 Å². The number of nitrogens with zero attached hydrogens (tertiary/aromatic N) is 6. The molecule has 0 saturated carbocycles. The highest BCUT2D eigenvalue weighted by Gasteiger charge is 2.19. The molecule has 5 rings (SSSR count). The van der Waals surface area contributed by atoms with Crippen LogP contribution in [0.1, 0.15) is 12.5 Å². The Bertz CT molecular complexity index is 1240. The molecular formula is C24H28ClN7. The monoisotopic (exact) mass is 449 g/mol. The van der Waals surface area contributed by atoms with Gasteiger partial charge >= 0.3 is 0 Å². The van der Waals surface area contributed by atoms with Crippen LogP contribution in [0.5, 0.6) is 0 Å². The lowest BCUT2D eigenvalue weighted by Gasteiger charge is -2.36. The largest absolute Gasteiger partial charge is 0.369 e. The number of nitrogens with one attached hydrogen (secondary N) is 1. The quantitative estimate of drug-likeness (QED) is 0.476. The molecule has 0 unspecified atom stereocenters. The second-order valence-electron chi connectivity index (χ2n) is 8.26. The third-order valence-electron chi connectivity index (χ3n) is 6.29. The van der Waals surface area contributed by atoms with Gasteiger partial charge in [-0.15, -0.1) is 10.2 Å². The van der Waals surface area contributed by atoms with E-state index in [9.17, 15) is 0 Å². The van der Waals surface area contributed by atoms with Gasteiger partial charge in [-0.3, -0.25) is 4.90 Å². The Morgan fingerprint density at radius 1 is 1.03 bits per heavy atom. The van der Waals surface area contributed by atoms with Gasteiger partial charge in [-0.1, -0.05) is 35.9 Å². The van der Waals surface area contributed by atoms with Crippen LogP contribution in [-0.2, 0) is 6.54 Å². The van der Waals surface area contributed by atoms with Crippen molar-refractivity contribution in [3.05, 3.63) is 53.1 Å². The van der Waals surface area contributed by atoms with E-state index in [-0.39, 0.29) is 0 Å². The summed E-state index contributed by atoms with van der Waals surface area (Å²) in [5, 5.41) is 14.1. The standard InChI is InChI=1S/C24H28ClN7/c1-3-32-20-7-5-4-6-19(20)22-23(32)27-24(29-28-22)26-10-11-30-12-14-31(15-13-30)21-16-18(25)9-8-17(21)2/h4-9,16H,3,10-15H2,1-2H3,(H,26,27,29). The third-order valence-corrected chi connectivity index (χ3v) is 6.52. The Balaban J connectivity index is 1.20. The van der Waals surface area contributed by atoms with Crippen LogP contribution in [0.3, 0.4) is 0 Å². The summed E-state index contributed by atoms with van der Waals surface area (Å²) in [6, 6.07) is 14.4. The predicted molar refractivity (Wildman–Crippen MR) is 132 cm³/mol. The summed E-state index contributed by atoms with van der Waals surface area (Å²) in [6.45, 7) is 10.9. The first-order valence-corrected chi connectivity index (χ1v) is 11.6. The van der Waals surface area contributed by atoms with Crippen LogP contribution in [0.2, 0.25) is 5.02 Å². The normalized spacial score (nSPS) is 15.0. The van der Waals surface area contributed by atoms with Crippen molar-refractivity contribution in [1.29, 1.82) is 0 Å². The molecule has 8 heteroatoms. The minimum absolute atomic E-state index is 0.586. The molecule has 0 bridgehead atoms. The van der Waals surface area contributed by atoms with E-state index in [2.05, 4.69) is 68.0 Å². The Labute approximate surface area is 193 Å². The number of piperazine rings is 1. The Morgan fingerprint density at radius 2 is 1.84 bits per heavy atom. The highest BCUT2D eigenvalue weighted by atomic mass is 35.5. The number of aromatic nitrogens is 4. The Kier molecular flexibility index (Phi) is 5.85. The second kappa shape index (κ2) is 8.92. The Hall–Kier alpha value is -2.90. The van der Waals surface area contributed by atoms with Gasteiger partial charge < -0.3 is 14.8 Å². The zero-order valence-electron chi connectivity index (χ0n) is 18.6.